The van der Waals surface area contributed by atoms with Crippen molar-refractivity contribution in [1.82, 2.24) is 0 Å². The summed E-state index contributed by atoms with van der Waals surface area (Å²) >= 11 is 18.8. The van der Waals surface area contributed by atoms with Crippen LogP contribution in [-0.4, -0.2) is 121 Å². The monoisotopic (exact) mass is 1450 g/mol. The molecule has 0 aliphatic heterocycles. The maximum atomic E-state index is 11.1. The van der Waals surface area contributed by atoms with Crippen LogP contribution in [0, 0.1) is 0 Å². The van der Waals surface area contributed by atoms with Crippen LogP contribution < -0.4 is 0 Å². The van der Waals surface area contributed by atoms with E-state index in [4.69, 9.17) is 69.5 Å². The molecular formula is C66H126O8S5Sn2. The minimum atomic E-state index is -0.263. The van der Waals surface area contributed by atoms with Gasteiger partial charge in [0.1, 0.15) is 0 Å². The zero-order valence-corrected chi connectivity index (χ0v) is 60.9. The molecule has 4 radical (unpaired) electrons. The molecular weight excluding hydrogens is 1320 g/mol. The van der Waals surface area contributed by atoms with Crippen LogP contribution in [0.15, 0.2) is 48.6 Å². The number of allylic oxidation sites excluding steroid dienone is 4. The molecule has 0 spiro atoms. The molecule has 0 bridgehead atoms. The van der Waals surface area contributed by atoms with Crippen LogP contribution in [0.4, 0.5) is 0 Å². The number of hydrogen-bond acceptors (Lipinski definition) is 12. The van der Waals surface area contributed by atoms with Gasteiger partial charge in [0.2, 0.25) is 0 Å². The Kier molecular flexibility index (Phi) is 119. The maximum absolute atomic E-state index is 11.1. The Labute approximate surface area is 566 Å². The summed E-state index contributed by atoms with van der Waals surface area (Å²) in [5, 5.41) is 0. The van der Waals surface area contributed by atoms with Crippen molar-refractivity contribution in [1.29, 1.82) is 0 Å². The molecule has 81 heavy (non-hydrogen) atoms. The van der Waals surface area contributed by atoms with E-state index in [-0.39, 0.29) is 100 Å². The molecule has 0 rings (SSSR count). The van der Waals surface area contributed by atoms with Crippen molar-refractivity contribution in [2.75, 3.05) is 49.4 Å². The zero-order chi connectivity index (χ0) is 56.7. The quantitative estimate of drug-likeness (QED) is 0.0145. The van der Waals surface area contributed by atoms with E-state index >= 15 is 0 Å². The van der Waals surface area contributed by atoms with Crippen molar-refractivity contribution >= 4 is 136 Å². The van der Waals surface area contributed by atoms with Crippen molar-refractivity contribution in [2.45, 2.75) is 299 Å². The van der Waals surface area contributed by atoms with Gasteiger partial charge in [-0.05, 0) is 51.4 Å². The van der Waals surface area contributed by atoms with Crippen molar-refractivity contribution in [2.24, 2.45) is 0 Å². The standard InChI is InChI=1S/4C16H30O2S.2CH4.H2S.2Sn/c4*1-2-3-4-5-6-7-8-9-10-11-12-13-16(17)18-14-15-19;;;;;/h4*12-13,19H,2-11,14-15H2,1H3;2*1H4;1H2;;/q;;;;;;;2*+2/p-4/b4*13-12+;;;;;. The van der Waals surface area contributed by atoms with Gasteiger partial charge in [-0.3, -0.25) is 0 Å². The van der Waals surface area contributed by atoms with E-state index in [0.717, 1.165) is 25.7 Å². The average molecular weight is 1450 g/mol. The normalized spacial score (nSPS) is 10.4. The Hall–Kier alpha value is 0.187. The summed E-state index contributed by atoms with van der Waals surface area (Å²) in [5.74, 6) is 0.828. The Morgan fingerprint density at radius 2 is 0.407 bits per heavy atom. The Bertz CT molecular complexity index is 1120. The largest absolute Gasteiger partial charge is 2.00 e. The molecule has 0 unspecified atom stereocenters. The molecule has 0 aromatic rings. The van der Waals surface area contributed by atoms with Crippen molar-refractivity contribution < 1.29 is 38.1 Å². The van der Waals surface area contributed by atoms with Crippen molar-refractivity contribution in [3.8, 4) is 0 Å². The van der Waals surface area contributed by atoms with Crippen LogP contribution in [0.2, 0.25) is 0 Å². The zero-order valence-electron chi connectivity index (χ0n) is 51.0. The molecule has 15 heteroatoms. The fourth-order valence-corrected chi connectivity index (χ4v) is 8.10. The first-order chi connectivity index (χ1) is 37.2. The molecule has 8 nitrogen and oxygen atoms in total. The Morgan fingerprint density at radius 3 is 0.543 bits per heavy atom. The first-order valence-electron chi connectivity index (χ1n) is 30.9. The van der Waals surface area contributed by atoms with Gasteiger partial charge in [-0.1, -0.05) is 272 Å². The molecule has 0 saturated heterocycles. The molecule has 0 fully saturated rings. The number of esters is 4. The van der Waals surface area contributed by atoms with E-state index in [1.807, 2.05) is 24.3 Å². The number of carbonyl (C=O) groups excluding carboxylic acids is 4. The smallest absolute Gasteiger partial charge is 0.789 e. The number of unbranched alkanes of at least 4 members (excludes halogenated alkanes) is 36. The summed E-state index contributed by atoms with van der Waals surface area (Å²) < 4.78 is 19.4. The van der Waals surface area contributed by atoms with Gasteiger partial charge < -0.3 is 69.5 Å². The second-order valence-corrected chi connectivity index (χ2v) is 21.2. The predicted octanol–water partition coefficient (Wildman–Crippen LogP) is 18.8. The average Bonchev–Trinajstić information content (AvgIpc) is 3.42. The molecule has 0 aliphatic rings. The third-order valence-corrected chi connectivity index (χ3v) is 12.9. The van der Waals surface area contributed by atoms with Gasteiger partial charge in [-0.15, -0.1) is 23.0 Å². The second-order valence-electron chi connectivity index (χ2n) is 19.6. The third-order valence-electron chi connectivity index (χ3n) is 12.2. The molecule has 0 amide bonds. The number of hydrogen-bond donors (Lipinski definition) is 0. The van der Waals surface area contributed by atoms with Crippen molar-refractivity contribution in [3.63, 3.8) is 0 Å². The fraction of sp³-hybridized carbons (Fsp3) is 0.818. The number of rotatable bonds is 52. The number of ether oxygens (including phenoxy) is 4. The van der Waals surface area contributed by atoms with Gasteiger partial charge in [0.25, 0.3) is 0 Å². The minimum Gasteiger partial charge on any atom is -0.789 e. The van der Waals surface area contributed by atoms with Crippen molar-refractivity contribution in [3.05, 3.63) is 48.6 Å². The van der Waals surface area contributed by atoms with Gasteiger partial charge in [-0.2, -0.15) is 13.5 Å². The summed E-state index contributed by atoms with van der Waals surface area (Å²) in [6.07, 6.45) is 65.5. The van der Waals surface area contributed by atoms with E-state index in [2.05, 4.69) is 27.7 Å². The molecule has 0 saturated carbocycles. The summed E-state index contributed by atoms with van der Waals surface area (Å²) in [6.45, 7) is 10.4. The van der Waals surface area contributed by atoms with Gasteiger partial charge in [0.15, 0.2) is 0 Å². The van der Waals surface area contributed by atoms with Crippen LogP contribution in [-0.2, 0) is 88.6 Å². The maximum Gasteiger partial charge on any atom is 2.00 e. The minimum absolute atomic E-state index is 0. The molecule has 0 aliphatic carbocycles. The first-order valence-corrected chi connectivity index (χ1v) is 33.2. The van der Waals surface area contributed by atoms with Crippen LogP contribution in [0.25, 0.3) is 0 Å². The van der Waals surface area contributed by atoms with Gasteiger partial charge in [0.05, 0.1) is 26.4 Å². The van der Waals surface area contributed by atoms with Crippen LogP contribution in [0.5, 0.6) is 0 Å². The Balaban J connectivity index is -0.000000119. The molecule has 0 heterocycles. The van der Waals surface area contributed by atoms with E-state index in [1.165, 1.54) is 255 Å². The summed E-state index contributed by atoms with van der Waals surface area (Å²) in [5.41, 5.74) is 0. The van der Waals surface area contributed by atoms with Gasteiger partial charge in [-0.25, -0.2) is 19.2 Å². The summed E-state index contributed by atoms with van der Waals surface area (Å²) in [7, 11) is 0. The Morgan fingerprint density at radius 1 is 0.272 bits per heavy atom. The molecule has 476 valence electrons. The van der Waals surface area contributed by atoms with Gasteiger partial charge in [0, 0.05) is 24.3 Å². The number of carbonyl (C=O) groups is 4. The topological polar surface area (TPSA) is 105 Å². The van der Waals surface area contributed by atoms with E-state index in [9.17, 15) is 19.2 Å². The molecule has 0 aromatic heterocycles. The second kappa shape index (κ2) is 96.5. The predicted molar refractivity (Wildman–Crippen MR) is 372 cm³/mol. The van der Waals surface area contributed by atoms with E-state index in [1.54, 1.807) is 0 Å². The molecule has 0 N–H and O–H groups in total. The third kappa shape index (κ3) is 105. The summed E-state index contributed by atoms with van der Waals surface area (Å²) in [6, 6.07) is 0. The fourth-order valence-electron chi connectivity index (χ4n) is 7.77. The van der Waals surface area contributed by atoms with Gasteiger partial charge >= 0.3 is 71.7 Å². The van der Waals surface area contributed by atoms with Crippen LogP contribution >= 0.6 is 13.5 Å². The molecule has 0 atom stereocenters. The van der Waals surface area contributed by atoms with Crippen LogP contribution in [0.3, 0.4) is 0 Å². The van der Waals surface area contributed by atoms with E-state index < -0.39 is 0 Å². The molecule has 0 aromatic carbocycles. The van der Waals surface area contributed by atoms with E-state index in [0.29, 0.717) is 49.4 Å². The van der Waals surface area contributed by atoms with Crippen LogP contribution in [0.1, 0.15) is 299 Å². The summed E-state index contributed by atoms with van der Waals surface area (Å²) in [4.78, 5) is 44.4. The SMILES string of the molecule is C.C.CCCCCCCCCCC/C=C/C(=O)OCC[S-].CCCCCCCCCCC/C=C/C(=O)OCC[S-].CCCCCCCCCCC/C=C/C(=O)OCC[S-].CCCCCCCCCCC/C=C/C(=O)OCC[S-].S.[Sn+2].[Sn+2]. The first kappa shape index (κ1) is 100.